The fourth-order valence-electron chi connectivity index (χ4n) is 2.11. The molecule has 1 aliphatic rings. The first kappa shape index (κ1) is 22.9. The van der Waals surface area contributed by atoms with Gasteiger partial charge in [0, 0.05) is 18.8 Å². The summed E-state index contributed by atoms with van der Waals surface area (Å²) in [6.45, 7) is 10.1. The van der Waals surface area contributed by atoms with Crippen LogP contribution in [0.3, 0.4) is 0 Å². The minimum absolute atomic E-state index is 0.124. The van der Waals surface area contributed by atoms with Gasteiger partial charge in [-0.25, -0.2) is 4.68 Å². The Kier molecular flexibility index (Phi) is 11.9. The highest BCUT2D eigenvalue weighted by Crippen LogP contribution is 2.08. The molecular formula is C18H30N4O5. The van der Waals surface area contributed by atoms with E-state index >= 15 is 0 Å². The number of carbonyl (C=O) groups is 2. The van der Waals surface area contributed by atoms with E-state index in [-0.39, 0.29) is 18.4 Å². The van der Waals surface area contributed by atoms with E-state index in [9.17, 15) is 9.59 Å². The molecule has 0 aliphatic carbocycles. The predicted molar refractivity (Wildman–Crippen MR) is 98.8 cm³/mol. The average molecular weight is 382 g/mol. The number of aromatic nitrogens is 3. The summed E-state index contributed by atoms with van der Waals surface area (Å²) in [5, 5.41) is 7.91. The summed E-state index contributed by atoms with van der Waals surface area (Å²) in [4.78, 5) is 24.1. The molecule has 1 aromatic heterocycles. The Morgan fingerprint density at radius 3 is 2.04 bits per heavy atom. The Balaban J connectivity index is 0.00000176. The molecule has 0 fully saturated rings. The van der Waals surface area contributed by atoms with Gasteiger partial charge in [0.05, 0.1) is 52.3 Å². The third-order valence-electron chi connectivity index (χ3n) is 3.36. The van der Waals surface area contributed by atoms with Crippen LogP contribution in [0, 0.1) is 0 Å². The van der Waals surface area contributed by atoms with Crippen LogP contribution < -0.4 is 0 Å². The van der Waals surface area contributed by atoms with Gasteiger partial charge in [0.2, 0.25) is 0 Å². The van der Waals surface area contributed by atoms with E-state index in [4.69, 9.17) is 14.2 Å². The molecule has 27 heavy (non-hydrogen) atoms. The fourth-order valence-corrected chi connectivity index (χ4v) is 2.11. The van der Waals surface area contributed by atoms with Gasteiger partial charge in [-0.2, -0.15) is 0 Å². The van der Waals surface area contributed by atoms with Crippen molar-refractivity contribution < 1.29 is 23.8 Å². The lowest BCUT2D eigenvalue weighted by Gasteiger charge is -2.10. The molecule has 0 bridgehead atoms. The lowest BCUT2D eigenvalue weighted by Crippen LogP contribution is -2.29. The Hall–Kier alpha value is -2.10. The second-order valence-corrected chi connectivity index (χ2v) is 5.41. The monoisotopic (exact) mass is 382 g/mol. The van der Waals surface area contributed by atoms with Crippen molar-refractivity contribution in [2.75, 3.05) is 39.6 Å². The second kappa shape index (κ2) is 14.0. The molecule has 152 valence electrons. The maximum absolute atomic E-state index is 11.5. The second-order valence-electron chi connectivity index (χ2n) is 5.41. The summed E-state index contributed by atoms with van der Waals surface area (Å²) < 4.78 is 17.7. The number of carbonyl (C=O) groups excluding carboxylic acids is 2. The first-order chi connectivity index (χ1) is 13.2. The largest absolute Gasteiger partial charge is 0.379 e. The van der Waals surface area contributed by atoms with Gasteiger partial charge in [-0.1, -0.05) is 26.0 Å². The number of amides is 2. The highest BCUT2D eigenvalue weighted by molar-refractivity contribution is 6.12. The van der Waals surface area contributed by atoms with Crippen LogP contribution >= 0.6 is 0 Å². The molecule has 0 spiro atoms. The molecule has 1 aliphatic heterocycles. The topological polar surface area (TPSA) is 95.8 Å². The first-order valence-corrected chi connectivity index (χ1v) is 9.36. The standard InChI is InChI=1S/C16H24N4O5.C2H6/c1-2-6-23-8-10-25-11-9-24-7-5-19-12-14(17-18-19)13-20-15(21)3-4-16(20)22;1-2/h3-4,12H,2,5-11,13H2,1H3;1-2H3. The zero-order chi connectivity index (χ0) is 19.9. The maximum Gasteiger partial charge on any atom is 0.253 e. The van der Waals surface area contributed by atoms with Gasteiger partial charge in [0.1, 0.15) is 5.69 Å². The molecule has 2 amide bonds. The van der Waals surface area contributed by atoms with E-state index in [0.717, 1.165) is 17.9 Å². The van der Waals surface area contributed by atoms with Crippen LogP contribution in [0.2, 0.25) is 0 Å². The molecule has 0 radical (unpaired) electrons. The molecule has 1 aromatic rings. The number of ether oxygens (including phenoxy) is 3. The molecule has 0 saturated carbocycles. The van der Waals surface area contributed by atoms with E-state index in [2.05, 4.69) is 17.2 Å². The van der Waals surface area contributed by atoms with Crippen LogP contribution in [-0.4, -0.2) is 71.3 Å². The third-order valence-corrected chi connectivity index (χ3v) is 3.36. The van der Waals surface area contributed by atoms with Crippen molar-refractivity contribution in [1.82, 2.24) is 19.9 Å². The number of imide groups is 1. The Morgan fingerprint density at radius 2 is 1.44 bits per heavy atom. The van der Waals surface area contributed by atoms with Crippen molar-refractivity contribution in [3.05, 3.63) is 24.0 Å². The van der Waals surface area contributed by atoms with Crippen molar-refractivity contribution in [2.24, 2.45) is 0 Å². The van der Waals surface area contributed by atoms with Gasteiger partial charge in [-0.3, -0.25) is 14.5 Å². The van der Waals surface area contributed by atoms with E-state index in [1.54, 1.807) is 10.9 Å². The highest BCUT2D eigenvalue weighted by atomic mass is 16.5. The summed E-state index contributed by atoms with van der Waals surface area (Å²) in [5.41, 5.74) is 0.556. The SMILES string of the molecule is CC.CCCOCCOCCOCCn1cc(CN2C(=O)C=CC2=O)nn1. The Morgan fingerprint density at radius 1 is 0.889 bits per heavy atom. The number of nitrogens with zero attached hydrogens (tertiary/aromatic N) is 4. The van der Waals surface area contributed by atoms with Crippen molar-refractivity contribution in [3.63, 3.8) is 0 Å². The number of hydrogen-bond acceptors (Lipinski definition) is 7. The summed E-state index contributed by atoms with van der Waals surface area (Å²) >= 11 is 0. The van der Waals surface area contributed by atoms with E-state index in [1.165, 1.54) is 12.2 Å². The zero-order valence-electron chi connectivity index (χ0n) is 16.4. The Bertz CT molecular complexity index is 570. The molecule has 2 heterocycles. The first-order valence-electron chi connectivity index (χ1n) is 9.36. The van der Waals surface area contributed by atoms with Crippen LogP contribution in [0.4, 0.5) is 0 Å². The minimum atomic E-state index is -0.331. The fraction of sp³-hybridized carbons (Fsp3) is 0.667. The smallest absolute Gasteiger partial charge is 0.253 e. The van der Waals surface area contributed by atoms with Crippen LogP contribution in [0.5, 0.6) is 0 Å². The van der Waals surface area contributed by atoms with Gasteiger partial charge >= 0.3 is 0 Å². The quantitative estimate of drug-likeness (QED) is 0.373. The summed E-state index contributed by atoms with van der Waals surface area (Å²) in [6.07, 6.45) is 5.20. The van der Waals surface area contributed by atoms with Gasteiger partial charge in [0.25, 0.3) is 11.8 Å². The van der Waals surface area contributed by atoms with Crippen LogP contribution in [0.15, 0.2) is 18.3 Å². The van der Waals surface area contributed by atoms with Crippen molar-refractivity contribution >= 4 is 11.8 Å². The van der Waals surface area contributed by atoms with Gasteiger partial charge in [0.15, 0.2) is 0 Å². The lowest BCUT2D eigenvalue weighted by atomic mass is 10.4. The predicted octanol–water partition coefficient (Wildman–Crippen LogP) is 1.19. The summed E-state index contributed by atoms with van der Waals surface area (Å²) in [7, 11) is 0. The molecule has 9 nitrogen and oxygen atoms in total. The Labute approximate surface area is 160 Å². The molecule has 2 rings (SSSR count). The van der Waals surface area contributed by atoms with Crippen molar-refractivity contribution in [2.45, 2.75) is 40.3 Å². The van der Waals surface area contributed by atoms with Crippen LogP contribution in [-0.2, 0) is 36.9 Å². The summed E-state index contributed by atoms with van der Waals surface area (Å²) in [6, 6.07) is 0. The van der Waals surface area contributed by atoms with Gasteiger partial charge < -0.3 is 14.2 Å². The zero-order valence-corrected chi connectivity index (χ0v) is 16.4. The normalized spacial score (nSPS) is 13.2. The summed E-state index contributed by atoms with van der Waals surface area (Å²) in [5.74, 6) is -0.661. The lowest BCUT2D eigenvalue weighted by molar-refractivity contribution is -0.137. The minimum Gasteiger partial charge on any atom is -0.379 e. The molecule has 0 atom stereocenters. The van der Waals surface area contributed by atoms with Gasteiger partial charge in [-0.05, 0) is 6.42 Å². The number of hydrogen-bond donors (Lipinski definition) is 0. The molecule has 0 saturated heterocycles. The van der Waals surface area contributed by atoms with Crippen LogP contribution in [0.1, 0.15) is 32.9 Å². The maximum atomic E-state index is 11.5. The van der Waals surface area contributed by atoms with E-state index in [0.29, 0.717) is 45.3 Å². The molecular weight excluding hydrogens is 352 g/mol. The van der Waals surface area contributed by atoms with Crippen LogP contribution in [0.25, 0.3) is 0 Å². The molecule has 9 heteroatoms. The molecule has 0 N–H and O–H groups in total. The molecule has 0 unspecified atom stereocenters. The van der Waals surface area contributed by atoms with Gasteiger partial charge in [-0.15, -0.1) is 5.10 Å². The average Bonchev–Trinajstić information content (AvgIpc) is 3.26. The highest BCUT2D eigenvalue weighted by Gasteiger charge is 2.24. The third kappa shape index (κ3) is 8.89. The molecule has 0 aromatic carbocycles. The van der Waals surface area contributed by atoms with Crippen molar-refractivity contribution in [1.29, 1.82) is 0 Å². The van der Waals surface area contributed by atoms with E-state index < -0.39 is 0 Å². The van der Waals surface area contributed by atoms with E-state index in [1.807, 2.05) is 13.8 Å². The number of rotatable bonds is 13. The van der Waals surface area contributed by atoms with Crippen molar-refractivity contribution in [3.8, 4) is 0 Å².